The van der Waals surface area contributed by atoms with Crippen LogP contribution in [0.2, 0.25) is 0 Å². The fourth-order valence-corrected chi connectivity index (χ4v) is 3.97. The minimum absolute atomic E-state index is 0.204. The summed E-state index contributed by atoms with van der Waals surface area (Å²) in [6, 6.07) is 5.89. The number of rotatable bonds is 2. The molecule has 1 aliphatic carbocycles. The number of anilines is 1. The lowest BCUT2D eigenvalue weighted by Crippen LogP contribution is -2.50. The van der Waals surface area contributed by atoms with E-state index in [1.807, 2.05) is 52.8 Å². The molecule has 0 aromatic heterocycles. The molecule has 1 saturated heterocycles. The Morgan fingerprint density at radius 1 is 1.14 bits per heavy atom. The van der Waals surface area contributed by atoms with Crippen LogP contribution in [0.25, 0.3) is 0 Å². The number of nitrogens with one attached hydrogen (secondary N) is 1. The number of para-hydroxylation sites is 1. The van der Waals surface area contributed by atoms with Gasteiger partial charge in [0.1, 0.15) is 0 Å². The molecule has 3 rings (SSSR count). The van der Waals surface area contributed by atoms with Gasteiger partial charge in [0.15, 0.2) is 5.60 Å². The van der Waals surface area contributed by atoms with Gasteiger partial charge in [-0.3, -0.25) is 9.59 Å². The molecule has 118 valence electrons. The lowest BCUT2D eigenvalue weighted by atomic mass is 9.66. The Morgan fingerprint density at radius 3 is 2.18 bits per heavy atom. The summed E-state index contributed by atoms with van der Waals surface area (Å²) < 4.78 is 5.63. The number of hydrogen-bond donors (Lipinski definition) is 1. The van der Waals surface area contributed by atoms with Crippen LogP contribution >= 0.6 is 0 Å². The van der Waals surface area contributed by atoms with E-state index in [1.165, 1.54) is 0 Å². The molecule has 4 nitrogen and oxygen atoms in total. The van der Waals surface area contributed by atoms with E-state index in [1.54, 1.807) is 0 Å². The van der Waals surface area contributed by atoms with Crippen molar-refractivity contribution in [2.45, 2.75) is 53.1 Å². The first-order chi connectivity index (χ1) is 10.2. The first-order valence-corrected chi connectivity index (χ1v) is 7.77. The molecular weight excluding hydrogens is 278 g/mol. The fourth-order valence-electron chi connectivity index (χ4n) is 3.97. The number of hydrogen-bond acceptors (Lipinski definition) is 3. The highest BCUT2D eigenvalue weighted by atomic mass is 16.6. The molecule has 1 aliphatic heterocycles. The monoisotopic (exact) mass is 301 g/mol. The van der Waals surface area contributed by atoms with Crippen LogP contribution in [0.5, 0.6) is 0 Å². The Hall–Kier alpha value is -1.84. The molecular formula is C18H23NO3. The van der Waals surface area contributed by atoms with E-state index in [-0.39, 0.29) is 11.9 Å². The Balaban J connectivity index is 1.98. The third kappa shape index (κ3) is 1.58. The van der Waals surface area contributed by atoms with E-state index >= 15 is 0 Å². The number of aryl methyl sites for hydroxylation is 2. The number of fused-ring (bicyclic) bond motifs is 2. The zero-order valence-electron chi connectivity index (χ0n) is 13.9. The largest absolute Gasteiger partial charge is 0.448 e. The summed E-state index contributed by atoms with van der Waals surface area (Å²) in [4.78, 5) is 25.3. The van der Waals surface area contributed by atoms with Gasteiger partial charge in [0.05, 0.1) is 5.41 Å². The maximum Gasteiger partial charge on any atom is 0.313 e. The fraction of sp³-hybridized carbons (Fsp3) is 0.556. The van der Waals surface area contributed by atoms with Crippen LogP contribution in [0.3, 0.4) is 0 Å². The molecule has 2 bridgehead atoms. The second kappa shape index (κ2) is 4.34. The quantitative estimate of drug-likeness (QED) is 0.852. The Bertz CT molecular complexity index is 659. The minimum atomic E-state index is -1.06. The van der Waals surface area contributed by atoms with Gasteiger partial charge in [-0.1, -0.05) is 32.0 Å². The molecule has 1 aromatic rings. The van der Waals surface area contributed by atoms with Gasteiger partial charge in [-0.25, -0.2) is 0 Å². The highest BCUT2D eigenvalue weighted by Gasteiger charge is 2.75. The van der Waals surface area contributed by atoms with Crippen LogP contribution in [0.4, 0.5) is 5.69 Å². The average Bonchev–Trinajstić information content (AvgIpc) is 2.73. The summed E-state index contributed by atoms with van der Waals surface area (Å²) in [6.45, 7) is 9.77. The zero-order valence-corrected chi connectivity index (χ0v) is 13.9. The van der Waals surface area contributed by atoms with E-state index in [0.717, 1.165) is 16.8 Å². The summed E-state index contributed by atoms with van der Waals surface area (Å²) >= 11 is 0. The molecule has 2 aliphatic rings. The van der Waals surface area contributed by atoms with Gasteiger partial charge in [0.2, 0.25) is 0 Å². The predicted octanol–water partition coefficient (Wildman–Crippen LogP) is 3.36. The second-order valence-electron chi connectivity index (χ2n) is 7.39. The minimum Gasteiger partial charge on any atom is -0.448 e. The van der Waals surface area contributed by atoms with Crippen molar-refractivity contribution in [3.63, 3.8) is 0 Å². The third-order valence-corrected chi connectivity index (χ3v) is 6.17. The van der Waals surface area contributed by atoms with E-state index in [9.17, 15) is 9.59 Å². The second-order valence-corrected chi connectivity index (χ2v) is 7.39. The topological polar surface area (TPSA) is 55.4 Å². The highest BCUT2D eigenvalue weighted by molar-refractivity contribution is 6.04. The van der Waals surface area contributed by atoms with Gasteiger partial charge < -0.3 is 10.1 Å². The van der Waals surface area contributed by atoms with Crippen molar-refractivity contribution in [1.29, 1.82) is 0 Å². The summed E-state index contributed by atoms with van der Waals surface area (Å²) in [5.41, 5.74) is 0.672. The molecule has 0 spiro atoms. The number of carbonyl (C=O) groups excluding carboxylic acids is 2. The number of amides is 1. The maximum atomic E-state index is 13.0. The smallest absolute Gasteiger partial charge is 0.313 e. The summed E-state index contributed by atoms with van der Waals surface area (Å²) in [6.07, 6.45) is 1.28. The summed E-state index contributed by atoms with van der Waals surface area (Å²) in [5, 5.41) is 3.02. The van der Waals surface area contributed by atoms with Crippen molar-refractivity contribution >= 4 is 17.6 Å². The van der Waals surface area contributed by atoms with Crippen LogP contribution in [-0.2, 0) is 14.3 Å². The van der Waals surface area contributed by atoms with Gasteiger partial charge in [-0.05, 0) is 44.7 Å². The zero-order chi connectivity index (χ0) is 16.3. The normalized spacial score (nSPS) is 32.0. The number of carbonyl (C=O) groups is 2. The Morgan fingerprint density at radius 2 is 1.73 bits per heavy atom. The number of benzene rings is 1. The number of esters is 1. The lowest BCUT2D eigenvalue weighted by molar-refractivity contribution is -0.165. The number of ether oxygens (including phenoxy) is 1. The molecule has 2 fully saturated rings. The Kier molecular flexibility index (Phi) is 2.97. The molecule has 1 saturated carbocycles. The van der Waals surface area contributed by atoms with Crippen LogP contribution in [0.15, 0.2) is 18.2 Å². The van der Waals surface area contributed by atoms with Crippen molar-refractivity contribution in [2.75, 3.05) is 5.32 Å². The molecule has 2 unspecified atom stereocenters. The van der Waals surface area contributed by atoms with E-state index in [0.29, 0.717) is 12.8 Å². The van der Waals surface area contributed by atoms with Gasteiger partial charge >= 0.3 is 5.97 Å². The molecule has 0 radical (unpaired) electrons. The Labute approximate surface area is 131 Å². The molecule has 1 aromatic carbocycles. The van der Waals surface area contributed by atoms with Gasteiger partial charge in [0, 0.05) is 11.1 Å². The van der Waals surface area contributed by atoms with Crippen molar-refractivity contribution in [3.05, 3.63) is 29.3 Å². The lowest BCUT2D eigenvalue weighted by Gasteiger charge is -2.35. The third-order valence-electron chi connectivity index (χ3n) is 6.17. The van der Waals surface area contributed by atoms with E-state index < -0.39 is 16.4 Å². The van der Waals surface area contributed by atoms with Gasteiger partial charge in [0.25, 0.3) is 5.91 Å². The van der Waals surface area contributed by atoms with E-state index in [2.05, 4.69) is 5.32 Å². The van der Waals surface area contributed by atoms with E-state index in [4.69, 9.17) is 4.74 Å². The van der Waals surface area contributed by atoms with Crippen molar-refractivity contribution in [2.24, 2.45) is 10.8 Å². The van der Waals surface area contributed by atoms with Crippen LogP contribution in [0, 0.1) is 24.7 Å². The van der Waals surface area contributed by atoms with Gasteiger partial charge in [-0.2, -0.15) is 0 Å². The van der Waals surface area contributed by atoms with Crippen molar-refractivity contribution < 1.29 is 14.3 Å². The van der Waals surface area contributed by atoms with Crippen molar-refractivity contribution in [3.8, 4) is 0 Å². The highest BCUT2D eigenvalue weighted by Crippen LogP contribution is 2.65. The molecule has 1 N–H and O–H groups in total. The molecule has 1 heterocycles. The van der Waals surface area contributed by atoms with Crippen molar-refractivity contribution in [1.82, 2.24) is 0 Å². The SMILES string of the molecule is Cc1cccc(C)c1NC(=O)C12CCC(C)(C(=O)O1)C2(C)C. The average molecular weight is 301 g/mol. The summed E-state index contributed by atoms with van der Waals surface area (Å²) in [5.74, 6) is -0.454. The standard InChI is InChI=1S/C18H23NO3/c1-11-7-6-8-12(2)13(11)19-14(20)18-10-9-17(5,15(21)22-18)16(18,3)4/h6-8H,9-10H2,1-5H3,(H,19,20). The van der Waals surface area contributed by atoms with Crippen LogP contribution in [-0.4, -0.2) is 17.5 Å². The summed E-state index contributed by atoms with van der Waals surface area (Å²) in [7, 11) is 0. The molecule has 4 heteroatoms. The first kappa shape index (κ1) is 15.1. The first-order valence-electron chi connectivity index (χ1n) is 7.77. The van der Waals surface area contributed by atoms with Crippen LogP contribution in [0.1, 0.15) is 44.7 Å². The predicted molar refractivity (Wildman–Crippen MR) is 84.5 cm³/mol. The van der Waals surface area contributed by atoms with Crippen LogP contribution < -0.4 is 5.32 Å². The molecule has 22 heavy (non-hydrogen) atoms. The maximum absolute atomic E-state index is 13.0. The van der Waals surface area contributed by atoms with Gasteiger partial charge in [-0.15, -0.1) is 0 Å². The molecule has 2 atom stereocenters. The molecule has 1 amide bonds.